The molecule has 1 fully saturated rings. The fourth-order valence-corrected chi connectivity index (χ4v) is 1.79. The van der Waals surface area contributed by atoms with Gasteiger partial charge in [0, 0.05) is 12.6 Å². The molecule has 16 heavy (non-hydrogen) atoms. The van der Waals surface area contributed by atoms with Crippen LogP contribution in [0, 0.1) is 16.7 Å². The van der Waals surface area contributed by atoms with Gasteiger partial charge in [-0.15, -0.1) is 0 Å². The summed E-state index contributed by atoms with van der Waals surface area (Å²) in [5.74, 6) is -0.0883. The number of nitriles is 1. The highest BCUT2D eigenvalue weighted by Crippen LogP contribution is 2.45. The summed E-state index contributed by atoms with van der Waals surface area (Å²) in [5, 5.41) is 11.8. The fourth-order valence-electron chi connectivity index (χ4n) is 1.79. The lowest BCUT2D eigenvalue weighted by Gasteiger charge is -2.24. The van der Waals surface area contributed by atoms with Crippen molar-refractivity contribution in [3.63, 3.8) is 0 Å². The molecule has 1 aliphatic carbocycles. The van der Waals surface area contributed by atoms with Crippen molar-refractivity contribution in [3.05, 3.63) is 0 Å². The van der Waals surface area contributed by atoms with E-state index in [0.717, 1.165) is 19.6 Å². The van der Waals surface area contributed by atoms with Crippen LogP contribution in [-0.4, -0.2) is 36.5 Å². The maximum Gasteiger partial charge on any atom is 0.240 e. The first-order valence-electron chi connectivity index (χ1n) is 6.02. The van der Waals surface area contributed by atoms with E-state index in [2.05, 4.69) is 30.1 Å². The van der Waals surface area contributed by atoms with Crippen molar-refractivity contribution in [2.24, 2.45) is 5.41 Å². The summed E-state index contributed by atoms with van der Waals surface area (Å²) in [6, 6.07) is 2.22. The lowest BCUT2D eigenvalue weighted by molar-refractivity contribution is -0.125. The van der Waals surface area contributed by atoms with E-state index >= 15 is 0 Å². The molecule has 1 aliphatic rings. The van der Waals surface area contributed by atoms with E-state index in [1.165, 1.54) is 0 Å². The number of rotatable bonds is 6. The lowest BCUT2D eigenvalue weighted by Crippen LogP contribution is -2.44. The van der Waals surface area contributed by atoms with E-state index in [4.69, 9.17) is 5.26 Å². The number of hydrogen-bond donors (Lipinski definition) is 1. The van der Waals surface area contributed by atoms with Crippen LogP contribution in [0.2, 0.25) is 0 Å². The molecule has 1 N–H and O–H groups in total. The van der Waals surface area contributed by atoms with Gasteiger partial charge in [-0.2, -0.15) is 5.26 Å². The van der Waals surface area contributed by atoms with Gasteiger partial charge in [0.1, 0.15) is 5.41 Å². The lowest BCUT2D eigenvalue weighted by atomic mass is 10.1. The van der Waals surface area contributed by atoms with Gasteiger partial charge in [0.25, 0.3) is 0 Å². The van der Waals surface area contributed by atoms with E-state index in [9.17, 15) is 4.79 Å². The van der Waals surface area contributed by atoms with Crippen molar-refractivity contribution in [1.29, 1.82) is 5.26 Å². The van der Waals surface area contributed by atoms with Gasteiger partial charge in [-0.3, -0.25) is 4.79 Å². The van der Waals surface area contributed by atoms with Crippen LogP contribution >= 0.6 is 0 Å². The molecule has 0 radical (unpaired) electrons. The third-order valence-corrected chi connectivity index (χ3v) is 3.20. The minimum Gasteiger partial charge on any atom is -0.351 e. The minimum absolute atomic E-state index is 0.0883. The zero-order valence-corrected chi connectivity index (χ0v) is 10.4. The first-order chi connectivity index (χ1) is 7.57. The monoisotopic (exact) mass is 223 g/mol. The van der Waals surface area contributed by atoms with Crippen molar-refractivity contribution in [1.82, 2.24) is 10.2 Å². The largest absolute Gasteiger partial charge is 0.351 e. The Morgan fingerprint density at radius 3 is 2.44 bits per heavy atom. The van der Waals surface area contributed by atoms with Crippen molar-refractivity contribution in [2.45, 2.75) is 39.7 Å². The van der Waals surface area contributed by atoms with Gasteiger partial charge in [-0.05, 0) is 32.9 Å². The number of carbonyl (C=O) groups excluding carboxylic acids is 1. The van der Waals surface area contributed by atoms with Crippen molar-refractivity contribution in [2.75, 3.05) is 19.6 Å². The molecule has 0 aliphatic heterocycles. The number of hydrogen-bond acceptors (Lipinski definition) is 3. The standard InChI is InChI=1S/C12H21N3O/c1-4-15(5-2)8-10(3)14-11(16)12(9-13)6-7-12/h10H,4-8H2,1-3H3,(H,14,16). The Morgan fingerprint density at radius 2 is 2.06 bits per heavy atom. The van der Waals surface area contributed by atoms with Gasteiger partial charge < -0.3 is 10.2 Å². The van der Waals surface area contributed by atoms with Crippen LogP contribution in [0.15, 0.2) is 0 Å². The third kappa shape index (κ3) is 2.96. The first-order valence-corrected chi connectivity index (χ1v) is 6.02. The van der Waals surface area contributed by atoms with Crippen molar-refractivity contribution >= 4 is 5.91 Å². The fraction of sp³-hybridized carbons (Fsp3) is 0.833. The number of carbonyl (C=O) groups is 1. The Balaban J connectivity index is 2.37. The number of nitrogens with zero attached hydrogens (tertiary/aromatic N) is 2. The molecule has 0 saturated heterocycles. The van der Waals surface area contributed by atoms with Crippen LogP contribution < -0.4 is 5.32 Å². The third-order valence-electron chi connectivity index (χ3n) is 3.20. The van der Waals surface area contributed by atoms with Crippen molar-refractivity contribution in [3.8, 4) is 6.07 Å². The molecule has 1 atom stereocenters. The molecule has 0 spiro atoms. The second kappa shape index (κ2) is 5.31. The zero-order chi connectivity index (χ0) is 12.2. The van der Waals surface area contributed by atoms with Crippen LogP contribution in [0.4, 0.5) is 0 Å². The van der Waals surface area contributed by atoms with Gasteiger partial charge in [0.15, 0.2) is 0 Å². The Bertz CT molecular complexity index is 287. The molecule has 0 heterocycles. The normalized spacial score (nSPS) is 18.9. The van der Waals surface area contributed by atoms with Gasteiger partial charge in [-0.25, -0.2) is 0 Å². The summed E-state index contributed by atoms with van der Waals surface area (Å²) in [7, 11) is 0. The van der Waals surface area contributed by atoms with E-state index in [0.29, 0.717) is 12.8 Å². The second-order valence-corrected chi connectivity index (χ2v) is 4.55. The highest BCUT2D eigenvalue weighted by Gasteiger charge is 2.50. The highest BCUT2D eigenvalue weighted by atomic mass is 16.2. The topological polar surface area (TPSA) is 56.1 Å². The maximum absolute atomic E-state index is 11.8. The molecule has 0 aromatic carbocycles. The smallest absolute Gasteiger partial charge is 0.240 e. The van der Waals surface area contributed by atoms with E-state index < -0.39 is 5.41 Å². The average Bonchev–Trinajstić information content (AvgIpc) is 3.06. The molecule has 4 heteroatoms. The molecular weight excluding hydrogens is 202 g/mol. The van der Waals surface area contributed by atoms with E-state index in [1.54, 1.807) is 0 Å². The quantitative estimate of drug-likeness (QED) is 0.734. The van der Waals surface area contributed by atoms with Crippen LogP contribution in [0.5, 0.6) is 0 Å². The number of amides is 1. The Labute approximate surface area is 97.6 Å². The molecule has 1 unspecified atom stereocenters. The summed E-state index contributed by atoms with van der Waals surface area (Å²) in [5.41, 5.74) is -0.697. The zero-order valence-electron chi connectivity index (χ0n) is 10.4. The Kier molecular flexibility index (Phi) is 4.31. The molecule has 4 nitrogen and oxygen atoms in total. The Hall–Kier alpha value is -1.08. The van der Waals surface area contributed by atoms with Gasteiger partial charge in [-0.1, -0.05) is 13.8 Å². The summed E-state index contributed by atoms with van der Waals surface area (Å²) in [6.45, 7) is 9.02. The summed E-state index contributed by atoms with van der Waals surface area (Å²) in [6.07, 6.45) is 1.43. The molecular formula is C12H21N3O. The average molecular weight is 223 g/mol. The molecule has 0 aromatic heterocycles. The van der Waals surface area contributed by atoms with Crippen LogP contribution in [-0.2, 0) is 4.79 Å². The second-order valence-electron chi connectivity index (χ2n) is 4.55. The van der Waals surface area contributed by atoms with E-state index in [1.807, 2.05) is 6.92 Å². The SMILES string of the molecule is CCN(CC)CC(C)NC(=O)C1(C#N)CC1. The van der Waals surface area contributed by atoms with Gasteiger partial charge in [0.05, 0.1) is 6.07 Å². The first kappa shape index (κ1) is 13.0. The van der Waals surface area contributed by atoms with E-state index in [-0.39, 0.29) is 11.9 Å². The predicted octanol–water partition coefficient (Wildman–Crippen LogP) is 1.14. The predicted molar refractivity (Wildman–Crippen MR) is 62.7 cm³/mol. The summed E-state index contributed by atoms with van der Waals surface area (Å²) in [4.78, 5) is 14.0. The summed E-state index contributed by atoms with van der Waals surface area (Å²) >= 11 is 0. The van der Waals surface area contributed by atoms with Crippen LogP contribution in [0.25, 0.3) is 0 Å². The summed E-state index contributed by atoms with van der Waals surface area (Å²) < 4.78 is 0. The van der Waals surface area contributed by atoms with Crippen molar-refractivity contribution < 1.29 is 4.79 Å². The minimum atomic E-state index is -0.697. The Morgan fingerprint density at radius 1 is 1.50 bits per heavy atom. The maximum atomic E-state index is 11.8. The van der Waals surface area contributed by atoms with Crippen LogP contribution in [0.1, 0.15) is 33.6 Å². The highest BCUT2D eigenvalue weighted by molar-refractivity contribution is 5.88. The molecule has 1 saturated carbocycles. The van der Waals surface area contributed by atoms with Gasteiger partial charge >= 0.3 is 0 Å². The van der Waals surface area contributed by atoms with Gasteiger partial charge in [0.2, 0.25) is 5.91 Å². The number of nitrogens with one attached hydrogen (secondary N) is 1. The van der Waals surface area contributed by atoms with Crippen LogP contribution in [0.3, 0.4) is 0 Å². The molecule has 90 valence electrons. The molecule has 1 rings (SSSR count). The molecule has 1 amide bonds. The number of likely N-dealkylation sites (N-methyl/N-ethyl adjacent to an activating group) is 1. The molecule has 0 aromatic rings. The molecule has 0 bridgehead atoms.